The zero-order valence-corrected chi connectivity index (χ0v) is 11.6. The molecule has 0 aliphatic heterocycles. The molecule has 0 amide bonds. The van der Waals surface area contributed by atoms with Crippen LogP contribution in [0.3, 0.4) is 0 Å². The van der Waals surface area contributed by atoms with Gasteiger partial charge in [-0.1, -0.05) is 13.8 Å². The number of nitrogens with zero attached hydrogens (tertiary/aromatic N) is 1. The number of aliphatic hydroxyl groups excluding tert-OH is 1. The molecule has 0 saturated heterocycles. The first-order valence-electron chi connectivity index (χ1n) is 5.57. The monoisotopic (exact) mass is 252 g/mol. The molecular formula is C10H24N2O3S. The van der Waals surface area contributed by atoms with Crippen LogP contribution >= 0.6 is 0 Å². The molecular weight excluding hydrogens is 228 g/mol. The van der Waals surface area contributed by atoms with Crippen molar-refractivity contribution < 1.29 is 13.5 Å². The molecule has 1 atom stereocenters. The molecule has 0 heterocycles. The highest BCUT2D eigenvalue weighted by Crippen LogP contribution is 2.05. The largest absolute Gasteiger partial charge is 0.392 e. The summed E-state index contributed by atoms with van der Waals surface area (Å²) in [6.07, 6.45) is -0.0381. The van der Waals surface area contributed by atoms with Gasteiger partial charge in [0.2, 0.25) is 0 Å². The van der Waals surface area contributed by atoms with Crippen molar-refractivity contribution in [2.75, 3.05) is 13.6 Å². The van der Waals surface area contributed by atoms with Gasteiger partial charge in [0.15, 0.2) is 0 Å². The Kier molecular flexibility index (Phi) is 6.47. The molecule has 0 fully saturated rings. The van der Waals surface area contributed by atoms with Crippen molar-refractivity contribution in [1.29, 1.82) is 0 Å². The van der Waals surface area contributed by atoms with Crippen LogP contribution in [0.4, 0.5) is 0 Å². The van der Waals surface area contributed by atoms with Crippen LogP contribution < -0.4 is 4.72 Å². The van der Waals surface area contributed by atoms with Crippen LogP contribution in [0.15, 0.2) is 0 Å². The minimum absolute atomic E-state index is 0.0670. The number of hydrogen-bond donors (Lipinski definition) is 2. The van der Waals surface area contributed by atoms with E-state index < -0.39 is 16.3 Å². The summed E-state index contributed by atoms with van der Waals surface area (Å²) in [5, 5.41) is 9.56. The molecule has 0 aliphatic carbocycles. The van der Waals surface area contributed by atoms with Gasteiger partial charge in [-0.05, 0) is 26.2 Å². The van der Waals surface area contributed by atoms with Gasteiger partial charge in [0.1, 0.15) is 0 Å². The molecule has 0 radical (unpaired) electrons. The lowest BCUT2D eigenvalue weighted by Crippen LogP contribution is -2.44. The molecule has 0 aromatic carbocycles. The maximum Gasteiger partial charge on any atom is 0.279 e. The molecule has 1 unspecified atom stereocenters. The first-order valence-corrected chi connectivity index (χ1v) is 7.01. The Morgan fingerprint density at radius 3 is 2.12 bits per heavy atom. The lowest BCUT2D eigenvalue weighted by Gasteiger charge is -2.22. The normalized spacial score (nSPS) is 15.1. The summed E-state index contributed by atoms with van der Waals surface area (Å²) in [4.78, 5) is 0. The summed E-state index contributed by atoms with van der Waals surface area (Å²) < 4.78 is 27.0. The van der Waals surface area contributed by atoms with E-state index in [1.165, 1.54) is 11.4 Å². The summed E-state index contributed by atoms with van der Waals surface area (Å²) in [6, 6.07) is -0.0975. The second kappa shape index (κ2) is 6.54. The minimum Gasteiger partial charge on any atom is -0.392 e. The molecule has 2 N–H and O–H groups in total. The summed E-state index contributed by atoms with van der Waals surface area (Å²) in [5.74, 6) is 0.349. The van der Waals surface area contributed by atoms with Gasteiger partial charge in [0, 0.05) is 19.6 Å². The minimum atomic E-state index is -3.47. The van der Waals surface area contributed by atoms with E-state index in [2.05, 4.69) is 4.72 Å². The van der Waals surface area contributed by atoms with E-state index in [9.17, 15) is 13.5 Å². The van der Waals surface area contributed by atoms with Gasteiger partial charge in [0.25, 0.3) is 10.2 Å². The number of hydrogen-bond acceptors (Lipinski definition) is 3. The van der Waals surface area contributed by atoms with Crippen molar-refractivity contribution in [2.24, 2.45) is 5.92 Å². The Labute approximate surface area is 99.0 Å². The number of rotatable bonds is 7. The smallest absolute Gasteiger partial charge is 0.279 e. The summed E-state index contributed by atoms with van der Waals surface area (Å²) >= 11 is 0. The first-order chi connectivity index (χ1) is 7.16. The van der Waals surface area contributed by atoms with Gasteiger partial charge < -0.3 is 5.11 Å². The van der Waals surface area contributed by atoms with E-state index >= 15 is 0 Å². The molecule has 6 heteroatoms. The van der Waals surface area contributed by atoms with E-state index in [4.69, 9.17) is 0 Å². The van der Waals surface area contributed by atoms with Crippen LogP contribution in [-0.2, 0) is 10.2 Å². The summed E-state index contributed by atoms with van der Waals surface area (Å²) in [5.41, 5.74) is 0. The predicted molar refractivity (Wildman–Crippen MR) is 65.3 cm³/mol. The van der Waals surface area contributed by atoms with E-state index in [1.54, 1.807) is 13.8 Å². The maximum absolute atomic E-state index is 11.7. The van der Waals surface area contributed by atoms with Crippen LogP contribution in [-0.4, -0.2) is 43.6 Å². The van der Waals surface area contributed by atoms with Gasteiger partial charge in [-0.2, -0.15) is 17.4 Å². The molecule has 98 valence electrons. The molecule has 5 nitrogen and oxygen atoms in total. The third-order valence-electron chi connectivity index (χ3n) is 2.35. The fourth-order valence-electron chi connectivity index (χ4n) is 1.21. The van der Waals surface area contributed by atoms with Crippen molar-refractivity contribution in [1.82, 2.24) is 9.03 Å². The molecule has 0 aromatic heterocycles. The highest BCUT2D eigenvalue weighted by Gasteiger charge is 2.21. The number of aliphatic hydroxyl groups is 1. The second-order valence-corrected chi connectivity index (χ2v) is 6.56. The third kappa shape index (κ3) is 5.79. The maximum atomic E-state index is 11.7. The van der Waals surface area contributed by atoms with Crippen molar-refractivity contribution in [3.8, 4) is 0 Å². The van der Waals surface area contributed by atoms with Crippen molar-refractivity contribution >= 4 is 10.2 Å². The van der Waals surface area contributed by atoms with Gasteiger partial charge >= 0.3 is 0 Å². The highest BCUT2D eigenvalue weighted by molar-refractivity contribution is 7.87. The highest BCUT2D eigenvalue weighted by atomic mass is 32.2. The number of nitrogens with one attached hydrogen (secondary N) is 1. The van der Waals surface area contributed by atoms with Crippen molar-refractivity contribution in [2.45, 2.75) is 46.3 Å². The van der Waals surface area contributed by atoms with Crippen LogP contribution in [0.5, 0.6) is 0 Å². The Morgan fingerprint density at radius 1 is 1.25 bits per heavy atom. The molecule has 16 heavy (non-hydrogen) atoms. The molecule has 0 bridgehead atoms. The molecule has 0 saturated carbocycles. The van der Waals surface area contributed by atoms with Crippen LogP contribution in [0, 0.1) is 5.92 Å². The molecule has 0 aliphatic rings. The van der Waals surface area contributed by atoms with Crippen LogP contribution in [0.25, 0.3) is 0 Å². The lowest BCUT2D eigenvalue weighted by molar-refractivity contribution is 0.152. The zero-order chi connectivity index (χ0) is 12.9. The Balaban J connectivity index is 4.19. The van der Waals surface area contributed by atoms with E-state index in [-0.39, 0.29) is 12.6 Å². The SMILES string of the molecule is CC(C)CC(O)CNS(=O)(=O)N(C)C(C)C. The fourth-order valence-corrected chi connectivity index (χ4v) is 2.37. The van der Waals surface area contributed by atoms with Gasteiger partial charge in [-0.3, -0.25) is 0 Å². The van der Waals surface area contributed by atoms with Gasteiger partial charge in [-0.15, -0.1) is 0 Å². The predicted octanol–water partition coefficient (Wildman–Crippen LogP) is 0.568. The standard InChI is InChI=1S/C10H24N2O3S/c1-8(2)6-10(13)7-11-16(14,15)12(5)9(3)4/h8-11,13H,6-7H2,1-5H3. The van der Waals surface area contributed by atoms with E-state index in [0.717, 1.165) is 0 Å². The first kappa shape index (κ1) is 15.8. The Morgan fingerprint density at radius 2 is 1.75 bits per heavy atom. The third-order valence-corrected chi connectivity index (χ3v) is 4.06. The Hall–Kier alpha value is -0.170. The molecule has 0 spiro atoms. The van der Waals surface area contributed by atoms with Crippen molar-refractivity contribution in [3.63, 3.8) is 0 Å². The van der Waals surface area contributed by atoms with Gasteiger partial charge in [-0.25, -0.2) is 0 Å². The average molecular weight is 252 g/mol. The fraction of sp³-hybridized carbons (Fsp3) is 1.00. The zero-order valence-electron chi connectivity index (χ0n) is 10.8. The van der Waals surface area contributed by atoms with Crippen molar-refractivity contribution in [3.05, 3.63) is 0 Å². The van der Waals surface area contributed by atoms with Crippen LogP contribution in [0.1, 0.15) is 34.1 Å². The Bertz CT molecular complexity index is 288. The van der Waals surface area contributed by atoms with Gasteiger partial charge in [0.05, 0.1) is 6.10 Å². The van der Waals surface area contributed by atoms with Crippen LogP contribution in [0.2, 0.25) is 0 Å². The summed E-state index contributed by atoms with van der Waals surface area (Å²) in [6.45, 7) is 7.63. The lowest BCUT2D eigenvalue weighted by atomic mass is 10.1. The average Bonchev–Trinajstić information content (AvgIpc) is 2.12. The van der Waals surface area contributed by atoms with E-state index in [0.29, 0.717) is 12.3 Å². The quantitative estimate of drug-likeness (QED) is 0.696. The topological polar surface area (TPSA) is 69.6 Å². The summed E-state index contributed by atoms with van der Waals surface area (Å²) in [7, 11) is -1.95. The molecule has 0 aromatic rings. The molecule has 0 rings (SSSR count). The van der Waals surface area contributed by atoms with E-state index in [1.807, 2.05) is 13.8 Å². The second-order valence-electron chi connectivity index (χ2n) is 4.75.